The fraction of sp³-hybridized carbons (Fsp3) is 1.00. The van der Waals surface area contributed by atoms with E-state index in [1.54, 1.807) is 0 Å². The molecule has 1 rings (SSSR count). The number of hydrogen-bond acceptors (Lipinski definition) is 1. The van der Waals surface area contributed by atoms with Crippen molar-refractivity contribution in [1.29, 1.82) is 0 Å². The predicted octanol–water partition coefficient (Wildman–Crippen LogP) is 2.40. The minimum Gasteiger partial charge on any atom is -0.373 e. The molecule has 0 bridgehead atoms. The summed E-state index contributed by atoms with van der Waals surface area (Å²) in [6.45, 7) is 0. The van der Waals surface area contributed by atoms with Crippen LogP contribution in [0.5, 0.6) is 0 Å². The van der Waals surface area contributed by atoms with Crippen LogP contribution < -0.4 is 0 Å². The molecule has 0 saturated carbocycles. The lowest BCUT2D eigenvalue weighted by molar-refractivity contribution is 0.0760. The first-order chi connectivity index (χ1) is 4.36. The molecule has 54 valence electrons. The van der Waals surface area contributed by atoms with Crippen molar-refractivity contribution in [3.63, 3.8) is 0 Å². The number of ether oxygens (including phenoxy) is 1. The lowest BCUT2D eigenvalue weighted by atomic mass is 10.2. The Bertz CT molecular complexity index is 77.1. The van der Waals surface area contributed by atoms with Gasteiger partial charge in [-0.2, -0.15) is 0 Å². The van der Waals surface area contributed by atoms with Crippen molar-refractivity contribution in [2.24, 2.45) is 0 Å². The zero-order valence-electron chi connectivity index (χ0n) is 5.15. The number of halogens is 2. The van der Waals surface area contributed by atoms with Crippen molar-refractivity contribution in [3.05, 3.63) is 0 Å². The molecule has 0 unspecified atom stereocenters. The van der Waals surface area contributed by atoms with Crippen LogP contribution in [0.4, 0.5) is 0 Å². The molecule has 0 radical (unpaired) electrons. The molecular weight excluding hydrogens is 342 g/mol. The van der Waals surface area contributed by atoms with E-state index in [4.69, 9.17) is 4.74 Å². The minimum absolute atomic E-state index is 0.561. The maximum Gasteiger partial charge on any atom is 0.0669 e. The molecule has 0 aromatic rings. The van der Waals surface area contributed by atoms with Crippen molar-refractivity contribution in [3.8, 4) is 0 Å². The van der Waals surface area contributed by atoms with E-state index in [9.17, 15) is 0 Å². The van der Waals surface area contributed by atoms with E-state index in [2.05, 4.69) is 45.2 Å². The Morgan fingerprint density at radius 1 is 1.11 bits per heavy atom. The van der Waals surface area contributed by atoms with Crippen molar-refractivity contribution >= 4 is 45.2 Å². The zero-order valence-corrected chi connectivity index (χ0v) is 9.46. The van der Waals surface area contributed by atoms with Crippen molar-refractivity contribution < 1.29 is 4.74 Å². The zero-order chi connectivity index (χ0) is 6.69. The van der Waals surface area contributed by atoms with E-state index in [0.29, 0.717) is 12.2 Å². The van der Waals surface area contributed by atoms with Crippen LogP contribution in [0.2, 0.25) is 0 Å². The summed E-state index contributed by atoms with van der Waals surface area (Å²) in [5.41, 5.74) is 0. The smallest absolute Gasteiger partial charge is 0.0669 e. The van der Waals surface area contributed by atoms with Crippen LogP contribution in [0.25, 0.3) is 0 Å². The Kier molecular flexibility index (Phi) is 4.10. The van der Waals surface area contributed by atoms with Gasteiger partial charge in [-0.05, 0) is 12.8 Å². The van der Waals surface area contributed by atoms with Crippen LogP contribution in [0.1, 0.15) is 12.8 Å². The summed E-state index contributed by atoms with van der Waals surface area (Å²) in [5.74, 6) is 0. The van der Waals surface area contributed by atoms with Gasteiger partial charge in [0, 0.05) is 8.86 Å². The lowest BCUT2D eigenvalue weighted by Crippen LogP contribution is -2.12. The van der Waals surface area contributed by atoms with E-state index in [1.165, 1.54) is 12.8 Å². The van der Waals surface area contributed by atoms with Gasteiger partial charge in [-0.1, -0.05) is 45.2 Å². The predicted molar refractivity (Wildman–Crippen MR) is 55.7 cm³/mol. The average Bonchev–Trinajstić information content (AvgIpc) is 2.34. The van der Waals surface area contributed by atoms with E-state index < -0.39 is 0 Å². The van der Waals surface area contributed by atoms with E-state index in [1.807, 2.05) is 0 Å². The second kappa shape index (κ2) is 4.33. The summed E-state index contributed by atoms with van der Waals surface area (Å²) in [4.78, 5) is 0. The van der Waals surface area contributed by atoms with Gasteiger partial charge in [-0.3, -0.25) is 0 Å². The largest absolute Gasteiger partial charge is 0.373 e. The van der Waals surface area contributed by atoms with Gasteiger partial charge >= 0.3 is 0 Å². The molecule has 0 amide bonds. The normalized spacial score (nSPS) is 35.3. The molecule has 0 N–H and O–H groups in total. The third-order valence-corrected chi connectivity index (χ3v) is 3.50. The fourth-order valence-corrected chi connectivity index (χ4v) is 2.30. The van der Waals surface area contributed by atoms with Crippen molar-refractivity contribution in [1.82, 2.24) is 0 Å². The molecule has 1 fully saturated rings. The van der Waals surface area contributed by atoms with E-state index in [0.717, 1.165) is 8.86 Å². The summed E-state index contributed by atoms with van der Waals surface area (Å²) in [5, 5.41) is 0. The minimum atomic E-state index is 0.561. The monoisotopic (exact) mass is 352 g/mol. The number of alkyl halides is 2. The van der Waals surface area contributed by atoms with Gasteiger partial charge in [0.15, 0.2) is 0 Å². The Hall–Kier alpha value is 1.42. The lowest BCUT2D eigenvalue weighted by Gasteiger charge is -2.07. The third-order valence-electron chi connectivity index (χ3n) is 1.54. The molecule has 0 aliphatic carbocycles. The third kappa shape index (κ3) is 2.49. The highest BCUT2D eigenvalue weighted by molar-refractivity contribution is 14.1. The molecule has 2 atom stereocenters. The molecular formula is C6H10I2O. The molecule has 1 nitrogen and oxygen atoms in total. The SMILES string of the molecule is IC[C@@H]1CC[C@@H](CI)O1. The van der Waals surface area contributed by atoms with Crippen LogP contribution in [-0.2, 0) is 4.74 Å². The topological polar surface area (TPSA) is 9.23 Å². The Labute approximate surface area is 83.2 Å². The average molecular weight is 352 g/mol. The Morgan fingerprint density at radius 3 is 1.78 bits per heavy atom. The summed E-state index contributed by atoms with van der Waals surface area (Å²) in [6, 6.07) is 0. The van der Waals surface area contributed by atoms with Gasteiger partial charge in [-0.25, -0.2) is 0 Å². The highest BCUT2D eigenvalue weighted by Gasteiger charge is 2.22. The molecule has 1 saturated heterocycles. The molecule has 1 heterocycles. The van der Waals surface area contributed by atoms with E-state index in [-0.39, 0.29) is 0 Å². The quantitative estimate of drug-likeness (QED) is 0.548. The molecule has 3 heteroatoms. The Morgan fingerprint density at radius 2 is 1.56 bits per heavy atom. The maximum absolute atomic E-state index is 5.64. The van der Waals surface area contributed by atoms with Crippen molar-refractivity contribution in [2.45, 2.75) is 25.0 Å². The molecule has 0 spiro atoms. The van der Waals surface area contributed by atoms with Crippen molar-refractivity contribution in [2.75, 3.05) is 8.86 Å². The highest BCUT2D eigenvalue weighted by atomic mass is 127. The maximum atomic E-state index is 5.64. The van der Waals surface area contributed by atoms with Gasteiger partial charge in [0.2, 0.25) is 0 Å². The second-order valence-electron chi connectivity index (χ2n) is 2.27. The molecule has 0 aromatic carbocycles. The number of rotatable bonds is 2. The first kappa shape index (κ1) is 8.52. The van der Waals surface area contributed by atoms with Crippen LogP contribution in [0.3, 0.4) is 0 Å². The highest BCUT2D eigenvalue weighted by Crippen LogP contribution is 2.22. The molecule has 0 aromatic heterocycles. The second-order valence-corrected chi connectivity index (χ2v) is 4.03. The van der Waals surface area contributed by atoms with Crippen LogP contribution in [-0.4, -0.2) is 21.1 Å². The standard InChI is InChI=1S/C6H10I2O/c7-3-5-1-2-6(4-8)9-5/h5-6H,1-4H2/t5-,6-/m0/s1. The summed E-state index contributed by atoms with van der Waals surface area (Å²) < 4.78 is 7.96. The van der Waals surface area contributed by atoms with E-state index >= 15 is 0 Å². The summed E-state index contributed by atoms with van der Waals surface area (Å²) in [6.07, 6.45) is 3.67. The molecule has 1 aliphatic heterocycles. The summed E-state index contributed by atoms with van der Waals surface area (Å²) >= 11 is 4.78. The van der Waals surface area contributed by atoms with Gasteiger partial charge in [0.1, 0.15) is 0 Å². The summed E-state index contributed by atoms with van der Waals surface area (Å²) in [7, 11) is 0. The molecule has 9 heavy (non-hydrogen) atoms. The van der Waals surface area contributed by atoms with Gasteiger partial charge in [-0.15, -0.1) is 0 Å². The van der Waals surface area contributed by atoms with Gasteiger partial charge in [0.25, 0.3) is 0 Å². The van der Waals surface area contributed by atoms with Crippen LogP contribution in [0, 0.1) is 0 Å². The fourth-order valence-electron chi connectivity index (χ4n) is 1.01. The van der Waals surface area contributed by atoms with Crippen LogP contribution in [0.15, 0.2) is 0 Å². The molecule has 1 aliphatic rings. The van der Waals surface area contributed by atoms with Gasteiger partial charge < -0.3 is 4.74 Å². The first-order valence-corrected chi connectivity index (χ1v) is 6.19. The number of hydrogen-bond donors (Lipinski definition) is 0. The Balaban J connectivity index is 2.20. The van der Waals surface area contributed by atoms with Crippen LogP contribution >= 0.6 is 45.2 Å². The van der Waals surface area contributed by atoms with Gasteiger partial charge in [0.05, 0.1) is 12.2 Å². The first-order valence-electron chi connectivity index (χ1n) is 3.14.